The average Bonchev–Trinajstić information content (AvgIpc) is 2.35. The van der Waals surface area contributed by atoms with Gasteiger partial charge in [-0.2, -0.15) is 0 Å². The Hall–Kier alpha value is 0.400. The van der Waals surface area contributed by atoms with Crippen molar-refractivity contribution in [3.8, 4) is 0 Å². The minimum atomic E-state index is -1.90. The van der Waals surface area contributed by atoms with Crippen LogP contribution < -0.4 is 0 Å². The topological polar surface area (TPSA) is 0 Å². The van der Waals surface area contributed by atoms with Crippen molar-refractivity contribution in [3.05, 3.63) is 30.9 Å². The number of hydrogen-bond acceptors (Lipinski definition) is 0. The standard InChI is InChI=1S/C12H12F4I2/c13-4-11(12(5-14,6-15)7-16)8-1-9(17)3-10(18)2-8/h1-3,11H,4-7H2. The fraction of sp³-hybridized carbons (Fsp3) is 0.500. The Morgan fingerprint density at radius 3 is 1.67 bits per heavy atom. The Labute approximate surface area is 131 Å². The van der Waals surface area contributed by atoms with Crippen LogP contribution in [-0.2, 0) is 0 Å². The van der Waals surface area contributed by atoms with Gasteiger partial charge in [-0.25, -0.2) is 0 Å². The van der Waals surface area contributed by atoms with Crippen LogP contribution in [-0.4, -0.2) is 26.7 Å². The molecule has 1 unspecified atom stereocenters. The smallest absolute Gasteiger partial charge is 0.101 e. The number of alkyl halides is 4. The van der Waals surface area contributed by atoms with E-state index in [-0.39, 0.29) is 0 Å². The van der Waals surface area contributed by atoms with Gasteiger partial charge in [-0.15, -0.1) is 0 Å². The Bertz CT molecular complexity index is 365. The molecule has 0 saturated heterocycles. The maximum Gasteiger partial charge on any atom is 0.101 e. The first-order chi connectivity index (χ1) is 8.52. The zero-order valence-electron chi connectivity index (χ0n) is 9.41. The summed E-state index contributed by atoms with van der Waals surface area (Å²) < 4.78 is 53.8. The first kappa shape index (κ1) is 16.5. The molecule has 0 aromatic heterocycles. The molecular formula is C12H12F4I2. The molecule has 0 heterocycles. The van der Waals surface area contributed by atoms with Crippen molar-refractivity contribution < 1.29 is 17.6 Å². The predicted octanol–water partition coefficient (Wildman–Crippen LogP) is 4.84. The van der Waals surface area contributed by atoms with E-state index >= 15 is 0 Å². The Balaban J connectivity index is 3.22. The number of halogens is 6. The average molecular weight is 486 g/mol. The molecule has 0 spiro atoms. The molecule has 1 aromatic rings. The summed E-state index contributed by atoms with van der Waals surface area (Å²) in [5.74, 6) is -1.10. The van der Waals surface area contributed by atoms with Crippen molar-refractivity contribution in [3.63, 3.8) is 0 Å². The zero-order valence-corrected chi connectivity index (χ0v) is 13.7. The van der Waals surface area contributed by atoms with Gasteiger partial charge in [0.15, 0.2) is 0 Å². The molecule has 18 heavy (non-hydrogen) atoms. The van der Waals surface area contributed by atoms with Crippen molar-refractivity contribution in [1.82, 2.24) is 0 Å². The predicted molar refractivity (Wildman–Crippen MR) is 81.0 cm³/mol. The van der Waals surface area contributed by atoms with Gasteiger partial charge in [-0.05, 0) is 68.9 Å². The Morgan fingerprint density at radius 1 is 0.889 bits per heavy atom. The maximum atomic E-state index is 13.2. The minimum absolute atomic E-state index is 0.446. The van der Waals surface area contributed by atoms with Crippen LogP contribution in [0.2, 0.25) is 0 Å². The van der Waals surface area contributed by atoms with Crippen LogP contribution in [0, 0.1) is 12.6 Å². The Kier molecular flexibility index (Phi) is 6.63. The van der Waals surface area contributed by atoms with Gasteiger partial charge >= 0.3 is 0 Å². The maximum absolute atomic E-state index is 13.2. The highest BCUT2D eigenvalue weighted by molar-refractivity contribution is 14.1. The van der Waals surface area contributed by atoms with Crippen LogP contribution in [0.1, 0.15) is 11.5 Å². The van der Waals surface area contributed by atoms with Crippen molar-refractivity contribution >= 4 is 45.2 Å². The van der Waals surface area contributed by atoms with Gasteiger partial charge in [0.1, 0.15) is 20.0 Å². The first-order valence-corrected chi connectivity index (χ1v) is 7.38. The van der Waals surface area contributed by atoms with E-state index in [2.05, 4.69) is 0 Å². The van der Waals surface area contributed by atoms with Crippen LogP contribution in [0.25, 0.3) is 0 Å². The third-order valence-corrected chi connectivity index (χ3v) is 4.22. The molecule has 1 aromatic carbocycles. The third-order valence-electron chi connectivity index (χ3n) is 2.98. The van der Waals surface area contributed by atoms with Crippen LogP contribution in [0.15, 0.2) is 18.2 Å². The molecule has 0 fully saturated rings. The first-order valence-electron chi connectivity index (χ1n) is 5.23. The highest BCUT2D eigenvalue weighted by Gasteiger charge is 2.41. The summed E-state index contributed by atoms with van der Waals surface area (Å²) in [6, 6.07) is 5.13. The second-order valence-corrected chi connectivity index (χ2v) is 6.66. The molecule has 0 saturated carbocycles. The summed E-state index contributed by atoms with van der Waals surface area (Å²) >= 11 is 4.07. The van der Waals surface area contributed by atoms with Crippen molar-refractivity contribution in [2.45, 2.75) is 5.92 Å². The van der Waals surface area contributed by atoms with E-state index in [1.807, 2.05) is 51.2 Å². The van der Waals surface area contributed by atoms with E-state index in [0.29, 0.717) is 5.56 Å². The van der Waals surface area contributed by atoms with E-state index in [1.54, 1.807) is 12.1 Å². The van der Waals surface area contributed by atoms with E-state index in [9.17, 15) is 17.6 Å². The van der Waals surface area contributed by atoms with Crippen molar-refractivity contribution in [1.29, 1.82) is 0 Å². The summed E-state index contributed by atoms with van der Waals surface area (Å²) in [6.45, 7) is -4.61. The monoisotopic (exact) mass is 486 g/mol. The second kappa shape index (κ2) is 7.25. The molecule has 0 amide bonds. The highest BCUT2D eigenvalue weighted by atomic mass is 127. The molecule has 0 N–H and O–H groups in total. The summed E-state index contributed by atoms with van der Waals surface area (Å²) in [7, 11) is 0. The third kappa shape index (κ3) is 3.49. The molecule has 1 rings (SSSR count). The Morgan fingerprint density at radius 2 is 1.33 bits per heavy atom. The molecule has 0 aliphatic rings. The summed E-state index contributed by atoms with van der Waals surface area (Å²) in [5.41, 5.74) is -1.45. The molecule has 6 heteroatoms. The number of rotatable bonds is 6. The van der Waals surface area contributed by atoms with Gasteiger partial charge in [0.25, 0.3) is 0 Å². The van der Waals surface area contributed by atoms with Gasteiger partial charge in [-0.1, -0.05) is 0 Å². The van der Waals surface area contributed by atoms with Gasteiger partial charge in [-0.3, -0.25) is 17.6 Å². The molecule has 0 radical (unpaired) electrons. The SMILES string of the molecule is FCC(c1cc(I)cc(I)c1)C(CF)(CF)CF. The van der Waals surface area contributed by atoms with Crippen LogP contribution in [0.3, 0.4) is 0 Å². The summed E-state index contributed by atoms with van der Waals surface area (Å²) in [6.07, 6.45) is 0. The molecule has 0 nitrogen and oxygen atoms in total. The highest BCUT2D eigenvalue weighted by Crippen LogP contribution is 2.39. The summed E-state index contributed by atoms with van der Waals surface area (Å²) in [5, 5.41) is 0. The van der Waals surface area contributed by atoms with Gasteiger partial charge < -0.3 is 0 Å². The fourth-order valence-electron chi connectivity index (χ4n) is 1.77. The van der Waals surface area contributed by atoms with Gasteiger partial charge in [0.05, 0.1) is 12.1 Å². The second-order valence-electron chi connectivity index (χ2n) is 4.17. The number of benzene rings is 1. The van der Waals surface area contributed by atoms with E-state index in [1.165, 1.54) is 0 Å². The van der Waals surface area contributed by atoms with Crippen LogP contribution >= 0.6 is 45.2 Å². The molecule has 0 aliphatic heterocycles. The van der Waals surface area contributed by atoms with Crippen molar-refractivity contribution in [2.24, 2.45) is 5.41 Å². The summed E-state index contributed by atoms with van der Waals surface area (Å²) in [4.78, 5) is 0. The van der Waals surface area contributed by atoms with Gasteiger partial charge in [0, 0.05) is 13.1 Å². The van der Waals surface area contributed by atoms with E-state index in [4.69, 9.17) is 0 Å². The lowest BCUT2D eigenvalue weighted by Crippen LogP contribution is -2.37. The normalized spacial score (nSPS) is 13.7. The lowest BCUT2D eigenvalue weighted by atomic mass is 9.75. The molecule has 0 bridgehead atoms. The van der Waals surface area contributed by atoms with E-state index < -0.39 is 38.0 Å². The lowest BCUT2D eigenvalue weighted by molar-refractivity contribution is 0.0690. The zero-order chi connectivity index (χ0) is 13.8. The largest absolute Gasteiger partial charge is 0.250 e. The molecule has 102 valence electrons. The molecule has 1 atom stereocenters. The minimum Gasteiger partial charge on any atom is -0.250 e. The molecule has 0 aliphatic carbocycles. The lowest BCUT2D eigenvalue weighted by Gasteiger charge is -2.32. The fourth-order valence-corrected chi connectivity index (χ4v) is 3.76. The van der Waals surface area contributed by atoms with Gasteiger partial charge in [0.2, 0.25) is 0 Å². The van der Waals surface area contributed by atoms with Crippen molar-refractivity contribution in [2.75, 3.05) is 26.7 Å². The molecular weight excluding hydrogens is 474 g/mol. The quantitative estimate of drug-likeness (QED) is 0.399. The number of hydrogen-bond donors (Lipinski definition) is 0. The van der Waals surface area contributed by atoms with Crippen LogP contribution in [0.5, 0.6) is 0 Å². The van der Waals surface area contributed by atoms with E-state index in [0.717, 1.165) is 7.14 Å². The van der Waals surface area contributed by atoms with Crippen LogP contribution in [0.4, 0.5) is 17.6 Å².